The first-order valence-electron chi connectivity index (χ1n) is 9.57. The van der Waals surface area contributed by atoms with Crippen LogP contribution in [0.5, 0.6) is 5.75 Å². The van der Waals surface area contributed by atoms with Gasteiger partial charge in [-0.3, -0.25) is 9.59 Å². The highest BCUT2D eigenvalue weighted by molar-refractivity contribution is 6.30. The number of hydrogen-bond acceptors (Lipinski definition) is 3. The van der Waals surface area contributed by atoms with Crippen LogP contribution in [0.4, 0.5) is 4.39 Å². The van der Waals surface area contributed by atoms with Crippen LogP contribution >= 0.6 is 11.6 Å². The van der Waals surface area contributed by atoms with E-state index in [-0.39, 0.29) is 29.5 Å². The first kappa shape index (κ1) is 21.1. The van der Waals surface area contributed by atoms with E-state index in [1.54, 1.807) is 48.2 Å². The van der Waals surface area contributed by atoms with Crippen molar-refractivity contribution in [2.24, 2.45) is 5.92 Å². The smallest absolute Gasteiger partial charge is 0.253 e. The molecule has 0 aromatic heterocycles. The second-order valence-corrected chi connectivity index (χ2v) is 7.66. The third-order valence-corrected chi connectivity index (χ3v) is 5.46. The molecule has 0 saturated carbocycles. The maximum Gasteiger partial charge on any atom is 0.253 e. The van der Waals surface area contributed by atoms with E-state index in [0.29, 0.717) is 35.7 Å². The highest BCUT2D eigenvalue weighted by Crippen LogP contribution is 2.24. The topological polar surface area (TPSA) is 58.6 Å². The Hall–Kier alpha value is -2.60. The summed E-state index contributed by atoms with van der Waals surface area (Å²) in [5.74, 6) is -0.850. The molecular formula is C22H24ClFN2O3. The van der Waals surface area contributed by atoms with Gasteiger partial charge in [0, 0.05) is 23.7 Å². The van der Waals surface area contributed by atoms with Gasteiger partial charge in [-0.2, -0.15) is 0 Å². The summed E-state index contributed by atoms with van der Waals surface area (Å²) in [4.78, 5) is 27.2. The van der Waals surface area contributed by atoms with Crippen LogP contribution in [-0.2, 0) is 4.79 Å². The molecule has 0 spiro atoms. The van der Waals surface area contributed by atoms with E-state index in [2.05, 4.69) is 5.32 Å². The van der Waals surface area contributed by atoms with Crippen LogP contribution in [-0.4, -0.2) is 36.9 Å². The van der Waals surface area contributed by atoms with Crippen molar-refractivity contribution in [1.82, 2.24) is 10.2 Å². The van der Waals surface area contributed by atoms with Crippen LogP contribution in [0.3, 0.4) is 0 Å². The van der Waals surface area contributed by atoms with Crippen molar-refractivity contribution in [3.63, 3.8) is 0 Å². The number of likely N-dealkylation sites (tertiary alicyclic amines) is 1. The fourth-order valence-corrected chi connectivity index (χ4v) is 3.64. The Morgan fingerprint density at radius 3 is 2.62 bits per heavy atom. The summed E-state index contributed by atoms with van der Waals surface area (Å²) in [6.45, 7) is 2.78. The second-order valence-electron chi connectivity index (χ2n) is 7.22. The number of rotatable bonds is 5. The number of halogens is 2. The fraction of sp³-hybridized carbons (Fsp3) is 0.364. The van der Waals surface area contributed by atoms with Crippen molar-refractivity contribution >= 4 is 23.4 Å². The molecule has 7 heteroatoms. The molecule has 2 aromatic carbocycles. The Balaban J connectivity index is 1.62. The molecule has 1 aliphatic rings. The normalized spacial score (nSPS) is 17.5. The quantitative estimate of drug-likeness (QED) is 0.791. The lowest BCUT2D eigenvalue weighted by molar-refractivity contribution is -0.127. The van der Waals surface area contributed by atoms with Gasteiger partial charge in [-0.1, -0.05) is 17.7 Å². The van der Waals surface area contributed by atoms with Crippen molar-refractivity contribution in [2.45, 2.75) is 25.8 Å². The van der Waals surface area contributed by atoms with E-state index >= 15 is 0 Å². The van der Waals surface area contributed by atoms with E-state index in [1.165, 1.54) is 13.2 Å². The minimum atomic E-state index is -0.469. The van der Waals surface area contributed by atoms with Gasteiger partial charge in [0.25, 0.3) is 5.91 Å². The molecule has 1 heterocycles. The second kappa shape index (κ2) is 9.27. The Morgan fingerprint density at radius 1 is 1.24 bits per heavy atom. The van der Waals surface area contributed by atoms with Gasteiger partial charge in [0.1, 0.15) is 0 Å². The molecule has 154 valence electrons. The van der Waals surface area contributed by atoms with Gasteiger partial charge in [0.2, 0.25) is 5.91 Å². The fourth-order valence-electron chi connectivity index (χ4n) is 3.52. The van der Waals surface area contributed by atoms with Gasteiger partial charge in [-0.05, 0) is 61.7 Å². The van der Waals surface area contributed by atoms with Gasteiger partial charge in [-0.15, -0.1) is 0 Å². The molecule has 1 saturated heterocycles. The van der Waals surface area contributed by atoms with Crippen LogP contribution < -0.4 is 10.1 Å². The number of hydrogen-bond donors (Lipinski definition) is 1. The number of nitrogens with one attached hydrogen (secondary N) is 1. The van der Waals surface area contributed by atoms with E-state index in [9.17, 15) is 14.0 Å². The molecule has 2 unspecified atom stereocenters. The van der Waals surface area contributed by atoms with Gasteiger partial charge in [-0.25, -0.2) is 4.39 Å². The van der Waals surface area contributed by atoms with Gasteiger partial charge in [0.05, 0.1) is 19.1 Å². The molecule has 0 radical (unpaired) electrons. The molecular weight excluding hydrogens is 395 g/mol. The predicted molar refractivity (Wildman–Crippen MR) is 110 cm³/mol. The Morgan fingerprint density at radius 2 is 1.97 bits per heavy atom. The van der Waals surface area contributed by atoms with E-state index in [1.807, 2.05) is 0 Å². The van der Waals surface area contributed by atoms with E-state index in [0.717, 1.165) is 6.42 Å². The van der Waals surface area contributed by atoms with Crippen molar-refractivity contribution in [1.29, 1.82) is 0 Å². The number of ether oxygens (including phenoxy) is 1. The molecule has 0 aliphatic carbocycles. The summed E-state index contributed by atoms with van der Waals surface area (Å²) < 4.78 is 18.9. The van der Waals surface area contributed by atoms with Crippen LogP contribution in [0.2, 0.25) is 5.02 Å². The lowest BCUT2D eigenvalue weighted by Gasteiger charge is -2.32. The Bertz CT molecular complexity index is 888. The number of methoxy groups -OCH3 is 1. The molecule has 1 N–H and O–H groups in total. The molecule has 2 atom stereocenters. The molecule has 0 bridgehead atoms. The number of benzene rings is 2. The number of nitrogens with zero attached hydrogens (tertiary/aromatic N) is 1. The summed E-state index contributed by atoms with van der Waals surface area (Å²) in [6.07, 6.45) is 1.46. The average molecular weight is 419 g/mol. The first-order chi connectivity index (χ1) is 13.9. The van der Waals surface area contributed by atoms with Crippen LogP contribution in [0.25, 0.3) is 0 Å². The lowest BCUT2D eigenvalue weighted by Crippen LogP contribution is -2.45. The number of carbonyl (C=O) groups is 2. The third kappa shape index (κ3) is 5.07. The van der Waals surface area contributed by atoms with Crippen LogP contribution in [0.1, 0.15) is 41.7 Å². The molecule has 2 aromatic rings. The zero-order valence-electron chi connectivity index (χ0n) is 16.5. The minimum Gasteiger partial charge on any atom is -0.494 e. The Labute approximate surface area is 174 Å². The number of carbonyl (C=O) groups excluding carboxylic acids is 2. The molecule has 2 amide bonds. The molecule has 1 aliphatic heterocycles. The van der Waals surface area contributed by atoms with Crippen molar-refractivity contribution < 1.29 is 18.7 Å². The average Bonchev–Trinajstić information content (AvgIpc) is 2.73. The van der Waals surface area contributed by atoms with Crippen molar-refractivity contribution in [3.05, 3.63) is 64.4 Å². The highest BCUT2D eigenvalue weighted by Gasteiger charge is 2.29. The summed E-state index contributed by atoms with van der Waals surface area (Å²) in [6, 6.07) is 11.0. The molecule has 3 rings (SSSR count). The van der Waals surface area contributed by atoms with Crippen LogP contribution in [0, 0.1) is 11.7 Å². The van der Waals surface area contributed by atoms with Crippen LogP contribution in [0.15, 0.2) is 42.5 Å². The first-order valence-corrected chi connectivity index (χ1v) is 9.95. The van der Waals surface area contributed by atoms with Gasteiger partial charge in [0.15, 0.2) is 11.6 Å². The minimum absolute atomic E-state index is 0.107. The molecule has 5 nitrogen and oxygen atoms in total. The summed E-state index contributed by atoms with van der Waals surface area (Å²) in [5, 5.41) is 3.51. The van der Waals surface area contributed by atoms with Crippen molar-refractivity contribution in [2.75, 3.05) is 20.2 Å². The largest absolute Gasteiger partial charge is 0.494 e. The maximum atomic E-state index is 13.9. The van der Waals surface area contributed by atoms with Gasteiger partial charge < -0.3 is 15.0 Å². The van der Waals surface area contributed by atoms with E-state index in [4.69, 9.17) is 16.3 Å². The number of piperidine rings is 1. The van der Waals surface area contributed by atoms with Gasteiger partial charge >= 0.3 is 0 Å². The summed E-state index contributed by atoms with van der Waals surface area (Å²) in [5.41, 5.74) is 1.21. The maximum absolute atomic E-state index is 13.9. The zero-order chi connectivity index (χ0) is 21.0. The SMILES string of the molecule is COc1ccc(C(C)NC(=O)C2CCCN(C(=O)c3ccc(Cl)cc3)C2)cc1F. The monoisotopic (exact) mass is 418 g/mol. The zero-order valence-corrected chi connectivity index (χ0v) is 17.2. The van der Waals surface area contributed by atoms with Crippen molar-refractivity contribution in [3.8, 4) is 5.75 Å². The van der Waals surface area contributed by atoms with E-state index < -0.39 is 5.82 Å². The number of amides is 2. The highest BCUT2D eigenvalue weighted by atomic mass is 35.5. The lowest BCUT2D eigenvalue weighted by atomic mass is 9.95. The summed E-state index contributed by atoms with van der Waals surface area (Å²) >= 11 is 5.88. The standard InChI is InChI=1S/C22H24ClFN2O3/c1-14(16-7-10-20(29-2)19(24)12-16)25-21(27)17-4-3-11-26(13-17)22(28)15-5-8-18(23)9-6-15/h5-10,12,14,17H,3-4,11,13H2,1-2H3,(H,25,27). The predicted octanol–water partition coefficient (Wildman–Crippen LogP) is 4.22. The third-order valence-electron chi connectivity index (χ3n) is 5.21. The Kier molecular flexibility index (Phi) is 6.75. The molecule has 1 fully saturated rings. The summed E-state index contributed by atoms with van der Waals surface area (Å²) in [7, 11) is 1.41. The molecule has 29 heavy (non-hydrogen) atoms.